The van der Waals surface area contributed by atoms with Gasteiger partial charge < -0.3 is 9.22 Å². The van der Waals surface area contributed by atoms with Crippen LogP contribution in [0.25, 0.3) is 0 Å². The van der Waals surface area contributed by atoms with E-state index in [0.29, 0.717) is 0 Å². The lowest BCUT2D eigenvalue weighted by atomic mass is 10.1. The van der Waals surface area contributed by atoms with E-state index >= 15 is 0 Å². The summed E-state index contributed by atoms with van der Waals surface area (Å²) in [5.74, 6) is -0.0643. The molecule has 0 spiro atoms. The number of hydrogen-bond acceptors (Lipinski definition) is 2. The van der Waals surface area contributed by atoms with Gasteiger partial charge in [0.1, 0.15) is 6.54 Å². The Balaban J connectivity index is 2.29. The third-order valence-corrected chi connectivity index (χ3v) is 4.42. The van der Waals surface area contributed by atoms with Crippen molar-refractivity contribution in [1.29, 1.82) is 0 Å². The van der Waals surface area contributed by atoms with Crippen LogP contribution < -0.4 is 0 Å². The van der Waals surface area contributed by atoms with E-state index < -0.39 is 0 Å². The molecule has 2 atom stereocenters. The van der Waals surface area contributed by atoms with Crippen molar-refractivity contribution in [2.75, 3.05) is 20.2 Å². The van der Waals surface area contributed by atoms with E-state index in [-0.39, 0.29) is 12.0 Å². The van der Waals surface area contributed by atoms with E-state index in [1.165, 1.54) is 18.2 Å². The lowest BCUT2D eigenvalue weighted by molar-refractivity contribution is -0.939. The van der Waals surface area contributed by atoms with E-state index in [1.807, 2.05) is 6.07 Å². The summed E-state index contributed by atoms with van der Waals surface area (Å²) in [6.45, 7) is 7.06. The summed E-state index contributed by atoms with van der Waals surface area (Å²) in [6, 6.07) is 10.4. The molecule has 0 radical (unpaired) electrons. The van der Waals surface area contributed by atoms with Crippen molar-refractivity contribution in [3.8, 4) is 0 Å². The van der Waals surface area contributed by atoms with E-state index in [4.69, 9.17) is 4.74 Å². The molecule has 0 aromatic heterocycles. The third kappa shape index (κ3) is 3.73. The first kappa shape index (κ1) is 15.8. The Kier molecular flexibility index (Phi) is 5.18. The van der Waals surface area contributed by atoms with Gasteiger partial charge >= 0.3 is 5.97 Å². The van der Waals surface area contributed by atoms with Gasteiger partial charge in [-0.05, 0) is 19.9 Å². The summed E-state index contributed by atoms with van der Waals surface area (Å²) < 4.78 is 5.85. The maximum atomic E-state index is 12.2. The highest BCUT2D eigenvalue weighted by molar-refractivity contribution is 5.74. The average Bonchev–Trinajstić information content (AvgIpc) is 2.89. The van der Waals surface area contributed by atoms with Crippen molar-refractivity contribution in [2.45, 2.75) is 39.3 Å². The monoisotopic (exact) mass is 288 g/mol. The van der Waals surface area contributed by atoms with Gasteiger partial charge in [-0.15, -0.1) is 0 Å². The zero-order valence-corrected chi connectivity index (χ0v) is 13.3. The number of methoxy groups -OCH3 is 1. The molecule has 1 aliphatic rings. The molecule has 0 N–H and O–H groups in total. The maximum Gasteiger partial charge on any atom is 0.364 e. The summed E-state index contributed by atoms with van der Waals surface area (Å²) in [7, 11) is 1.50. The molecule has 0 unspecified atom stereocenters. The molecule has 0 bridgehead atoms. The average molecular weight is 288 g/mol. The van der Waals surface area contributed by atoms with Gasteiger partial charge in [0.15, 0.2) is 6.04 Å². The van der Waals surface area contributed by atoms with Crippen LogP contribution in [0.5, 0.6) is 0 Å². The predicted molar refractivity (Wildman–Crippen MR) is 84.6 cm³/mol. The SMILES string of the molecule is COC(=O)[C@@H]1CCC[N@@+]1(CC=C(C)C)Cc1ccccc1. The van der Waals surface area contributed by atoms with E-state index in [2.05, 4.69) is 44.2 Å². The third-order valence-electron chi connectivity index (χ3n) is 4.42. The number of benzene rings is 1. The second-order valence-electron chi connectivity index (χ2n) is 6.23. The van der Waals surface area contributed by atoms with Crippen molar-refractivity contribution < 1.29 is 14.0 Å². The van der Waals surface area contributed by atoms with Crippen LogP contribution in [0, 0.1) is 0 Å². The van der Waals surface area contributed by atoms with Crippen molar-refractivity contribution >= 4 is 5.97 Å². The normalized spacial score (nSPS) is 24.6. The molecule has 1 saturated heterocycles. The van der Waals surface area contributed by atoms with E-state index in [9.17, 15) is 4.79 Å². The lowest BCUT2D eigenvalue weighted by Crippen LogP contribution is -2.54. The van der Waals surface area contributed by atoms with Crippen LogP contribution in [0.3, 0.4) is 0 Å². The fraction of sp³-hybridized carbons (Fsp3) is 0.500. The van der Waals surface area contributed by atoms with Gasteiger partial charge in [0.05, 0.1) is 20.2 Å². The first-order chi connectivity index (χ1) is 10.1. The summed E-state index contributed by atoms with van der Waals surface area (Å²) >= 11 is 0. The topological polar surface area (TPSA) is 26.3 Å². The number of hydrogen-bond donors (Lipinski definition) is 0. The second-order valence-corrected chi connectivity index (χ2v) is 6.23. The van der Waals surface area contributed by atoms with Gasteiger partial charge in [0.2, 0.25) is 0 Å². The molecule has 0 aliphatic carbocycles. The minimum atomic E-state index is -0.0643. The summed E-state index contributed by atoms with van der Waals surface area (Å²) in [5.41, 5.74) is 2.59. The molecule has 1 heterocycles. The molecule has 1 aromatic rings. The fourth-order valence-electron chi connectivity index (χ4n) is 3.29. The molecule has 1 aromatic carbocycles. The molecule has 3 nitrogen and oxygen atoms in total. The van der Waals surface area contributed by atoms with Crippen LogP contribution in [0.1, 0.15) is 32.3 Å². The number of carbonyl (C=O) groups excluding carboxylic acids is 1. The van der Waals surface area contributed by atoms with Crippen LogP contribution in [-0.4, -0.2) is 36.7 Å². The summed E-state index contributed by atoms with van der Waals surface area (Å²) in [5, 5.41) is 0. The minimum Gasteiger partial charge on any atom is -0.465 e. The quantitative estimate of drug-likeness (QED) is 0.472. The van der Waals surface area contributed by atoms with Gasteiger partial charge in [-0.3, -0.25) is 0 Å². The fourth-order valence-corrected chi connectivity index (χ4v) is 3.29. The summed E-state index contributed by atoms with van der Waals surface area (Å²) in [6.07, 6.45) is 4.27. The first-order valence-corrected chi connectivity index (χ1v) is 7.68. The Labute approximate surface area is 127 Å². The van der Waals surface area contributed by atoms with Crippen molar-refractivity contribution in [3.63, 3.8) is 0 Å². The van der Waals surface area contributed by atoms with Crippen LogP contribution in [0.15, 0.2) is 42.0 Å². The lowest BCUT2D eigenvalue weighted by Gasteiger charge is -2.38. The van der Waals surface area contributed by atoms with Gasteiger partial charge in [-0.1, -0.05) is 35.9 Å². The molecule has 0 saturated carbocycles. The second kappa shape index (κ2) is 6.90. The maximum absolute atomic E-state index is 12.2. The highest BCUT2D eigenvalue weighted by Crippen LogP contribution is 2.31. The van der Waals surface area contributed by atoms with Gasteiger partial charge in [0, 0.05) is 18.4 Å². The Morgan fingerprint density at radius 2 is 2.05 bits per heavy atom. The number of rotatable bonds is 5. The van der Waals surface area contributed by atoms with E-state index in [1.54, 1.807) is 0 Å². The Hall–Kier alpha value is -1.61. The summed E-state index contributed by atoms with van der Waals surface area (Å²) in [4.78, 5) is 12.2. The van der Waals surface area contributed by atoms with Crippen LogP contribution in [-0.2, 0) is 16.1 Å². The molecule has 0 amide bonds. The number of likely N-dealkylation sites (tertiary alicyclic amines) is 1. The molecule has 3 heteroatoms. The van der Waals surface area contributed by atoms with Crippen molar-refractivity contribution in [1.82, 2.24) is 0 Å². The van der Waals surface area contributed by atoms with E-state index in [0.717, 1.165) is 37.0 Å². The molecule has 21 heavy (non-hydrogen) atoms. The molecule has 114 valence electrons. The molecule has 2 rings (SSSR count). The molecule has 1 aliphatic heterocycles. The first-order valence-electron chi connectivity index (χ1n) is 7.68. The smallest absolute Gasteiger partial charge is 0.364 e. The van der Waals surface area contributed by atoms with Gasteiger partial charge in [0.25, 0.3) is 0 Å². The molecular weight excluding hydrogens is 262 g/mol. The van der Waals surface area contributed by atoms with Crippen LogP contribution in [0.2, 0.25) is 0 Å². The number of esters is 1. The van der Waals surface area contributed by atoms with Gasteiger partial charge in [-0.2, -0.15) is 0 Å². The van der Waals surface area contributed by atoms with Crippen molar-refractivity contribution in [3.05, 3.63) is 47.5 Å². The highest BCUT2D eigenvalue weighted by atomic mass is 16.5. The Bertz CT molecular complexity index is 505. The van der Waals surface area contributed by atoms with Crippen LogP contribution >= 0.6 is 0 Å². The number of nitrogens with zero attached hydrogens (tertiary/aromatic N) is 1. The predicted octanol–water partition coefficient (Wildman–Crippen LogP) is 3.31. The Morgan fingerprint density at radius 1 is 1.33 bits per heavy atom. The number of allylic oxidation sites excluding steroid dienone is 1. The zero-order chi connectivity index (χ0) is 15.3. The standard InChI is InChI=1S/C18H26NO2/c1-15(2)11-13-19(14-16-8-5-4-6-9-16)12-7-10-17(19)18(20)21-3/h4-6,8-9,11,17H,7,10,12-14H2,1-3H3/q+1/t17-,19+/m0/s1. The zero-order valence-electron chi connectivity index (χ0n) is 13.3. The number of carbonyl (C=O) groups is 1. The molecular formula is C18H26NO2+. The van der Waals surface area contributed by atoms with Crippen LogP contribution in [0.4, 0.5) is 0 Å². The largest absolute Gasteiger partial charge is 0.465 e. The van der Waals surface area contributed by atoms with Gasteiger partial charge in [-0.25, -0.2) is 4.79 Å². The number of ether oxygens (including phenoxy) is 1. The highest BCUT2D eigenvalue weighted by Gasteiger charge is 2.46. The minimum absolute atomic E-state index is 0.0363. The molecule has 1 fully saturated rings. The Morgan fingerprint density at radius 3 is 2.67 bits per heavy atom. The van der Waals surface area contributed by atoms with Crippen molar-refractivity contribution in [2.24, 2.45) is 0 Å². The number of quaternary nitrogens is 1.